The summed E-state index contributed by atoms with van der Waals surface area (Å²) in [6.45, 7) is 0. The summed E-state index contributed by atoms with van der Waals surface area (Å²) < 4.78 is 10.5. The van der Waals surface area contributed by atoms with E-state index in [0.29, 0.717) is 29.9 Å². The molecular weight excluding hydrogens is 216 g/mol. The Hall–Kier alpha value is -0.280. The Kier molecular flexibility index (Phi) is 2.22. The molecule has 0 aromatic heterocycles. The molecule has 84 valence electrons. The van der Waals surface area contributed by atoms with Gasteiger partial charge in [0.25, 0.3) is 0 Å². The summed E-state index contributed by atoms with van der Waals surface area (Å²) in [7, 11) is 1.46. The van der Waals surface area contributed by atoms with Crippen LogP contribution in [0.25, 0.3) is 0 Å². The van der Waals surface area contributed by atoms with Crippen LogP contribution in [0, 0.1) is 23.7 Å². The first-order valence-electron chi connectivity index (χ1n) is 5.57. The van der Waals surface area contributed by atoms with Gasteiger partial charge in [-0.3, -0.25) is 4.79 Å². The van der Waals surface area contributed by atoms with Crippen LogP contribution in [0.15, 0.2) is 0 Å². The monoisotopic (exact) mass is 230 g/mol. The van der Waals surface area contributed by atoms with Crippen LogP contribution in [0.2, 0.25) is 0 Å². The summed E-state index contributed by atoms with van der Waals surface area (Å²) in [5.41, 5.74) is 0. The number of fused-ring (bicyclic) bond motifs is 2. The number of ether oxygens (including phenoxy) is 2. The average molecular weight is 231 g/mol. The maximum absolute atomic E-state index is 11.8. The molecule has 15 heavy (non-hydrogen) atoms. The number of rotatable bonds is 2. The van der Waals surface area contributed by atoms with E-state index < -0.39 is 0 Å². The van der Waals surface area contributed by atoms with E-state index in [2.05, 4.69) is 0 Å². The molecule has 0 aromatic rings. The maximum atomic E-state index is 11.8. The van der Waals surface area contributed by atoms with E-state index in [1.807, 2.05) is 0 Å². The summed E-state index contributed by atoms with van der Waals surface area (Å²) in [5.74, 6) is 1.55. The van der Waals surface area contributed by atoms with Crippen molar-refractivity contribution >= 4 is 17.6 Å². The molecule has 1 heterocycles. The third-order valence-electron chi connectivity index (χ3n) is 4.36. The van der Waals surface area contributed by atoms with Crippen LogP contribution < -0.4 is 0 Å². The van der Waals surface area contributed by atoms with Crippen molar-refractivity contribution in [3.05, 3.63) is 0 Å². The molecule has 0 unspecified atom stereocenters. The molecule has 3 aliphatic carbocycles. The highest BCUT2D eigenvalue weighted by atomic mass is 35.5. The first kappa shape index (κ1) is 9.91. The molecule has 0 spiro atoms. The van der Waals surface area contributed by atoms with Gasteiger partial charge in [0.1, 0.15) is 0 Å². The van der Waals surface area contributed by atoms with Gasteiger partial charge in [-0.2, -0.15) is 0 Å². The number of hydrogen-bond donors (Lipinski definition) is 0. The molecule has 1 saturated heterocycles. The highest BCUT2D eigenvalue weighted by molar-refractivity contribution is 6.18. The fourth-order valence-electron chi connectivity index (χ4n) is 3.66. The standard InChI is InChI=1S/C11H15ClO3/c1-14-11(13)8-6-3-2-5(7(8)4-12)9-10(6)15-9/h5-10H,2-4H2,1H3/t5-,6+,7-,8-,9-,10+/m1/s1. The lowest BCUT2D eigenvalue weighted by molar-refractivity contribution is -0.153. The molecule has 6 atom stereocenters. The van der Waals surface area contributed by atoms with Gasteiger partial charge in [-0.15, -0.1) is 11.6 Å². The van der Waals surface area contributed by atoms with Crippen LogP contribution in [0.5, 0.6) is 0 Å². The Morgan fingerprint density at radius 3 is 2.73 bits per heavy atom. The lowest BCUT2D eigenvalue weighted by Crippen LogP contribution is -2.49. The van der Waals surface area contributed by atoms with Crippen molar-refractivity contribution in [3.8, 4) is 0 Å². The summed E-state index contributed by atoms with van der Waals surface area (Å²) in [6, 6.07) is 0. The van der Waals surface area contributed by atoms with Gasteiger partial charge in [-0.05, 0) is 24.7 Å². The minimum Gasteiger partial charge on any atom is -0.469 e. The van der Waals surface area contributed by atoms with Crippen LogP contribution >= 0.6 is 11.6 Å². The lowest BCUT2D eigenvalue weighted by atomic mass is 9.59. The van der Waals surface area contributed by atoms with Crippen LogP contribution in [0.4, 0.5) is 0 Å². The van der Waals surface area contributed by atoms with E-state index in [1.54, 1.807) is 0 Å². The van der Waals surface area contributed by atoms with Gasteiger partial charge >= 0.3 is 5.97 Å². The van der Waals surface area contributed by atoms with Crippen molar-refractivity contribution in [2.24, 2.45) is 23.7 Å². The van der Waals surface area contributed by atoms with E-state index in [1.165, 1.54) is 7.11 Å². The molecule has 3 nitrogen and oxygen atoms in total. The number of epoxide rings is 1. The van der Waals surface area contributed by atoms with E-state index >= 15 is 0 Å². The maximum Gasteiger partial charge on any atom is 0.309 e. The van der Waals surface area contributed by atoms with E-state index in [9.17, 15) is 4.79 Å². The van der Waals surface area contributed by atoms with Gasteiger partial charge in [-0.1, -0.05) is 0 Å². The van der Waals surface area contributed by atoms with Crippen LogP contribution in [0.1, 0.15) is 12.8 Å². The summed E-state index contributed by atoms with van der Waals surface area (Å²) in [6.07, 6.45) is 2.98. The van der Waals surface area contributed by atoms with Crippen LogP contribution in [0.3, 0.4) is 0 Å². The summed E-state index contributed by atoms with van der Waals surface area (Å²) >= 11 is 5.99. The fraction of sp³-hybridized carbons (Fsp3) is 0.909. The molecule has 4 rings (SSSR count). The van der Waals surface area contributed by atoms with Gasteiger partial charge in [0.05, 0.1) is 25.2 Å². The third kappa shape index (κ3) is 1.26. The number of esters is 1. The highest BCUT2D eigenvalue weighted by Gasteiger charge is 2.64. The molecule has 4 heteroatoms. The van der Waals surface area contributed by atoms with Gasteiger partial charge in [-0.25, -0.2) is 0 Å². The minimum absolute atomic E-state index is 0.0185. The number of carbonyl (C=O) groups excluding carboxylic acids is 1. The van der Waals surface area contributed by atoms with Crippen molar-refractivity contribution in [2.45, 2.75) is 25.0 Å². The van der Waals surface area contributed by atoms with Crippen molar-refractivity contribution in [2.75, 3.05) is 13.0 Å². The number of alkyl halides is 1. The van der Waals surface area contributed by atoms with Crippen molar-refractivity contribution in [1.29, 1.82) is 0 Å². The van der Waals surface area contributed by atoms with Crippen molar-refractivity contribution < 1.29 is 14.3 Å². The molecule has 0 radical (unpaired) electrons. The zero-order chi connectivity index (χ0) is 10.6. The first-order chi connectivity index (χ1) is 7.27. The van der Waals surface area contributed by atoms with E-state index in [-0.39, 0.29) is 17.8 Å². The van der Waals surface area contributed by atoms with Gasteiger partial charge < -0.3 is 9.47 Å². The predicted molar refractivity (Wildman–Crippen MR) is 54.6 cm³/mol. The molecule has 0 amide bonds. The Morgan fingerprint density at radius 1 is 1.40 bits per heavy atom. The Morgan fingerprint density at radius 2 is 2.07 bits per heavy atom. The zero-order valence-electron chi connectivity index (χ0n) is 8.69. The molecule has 4 aliphatic rings. The van der Waals surface area contributed by atoms with Gasteiger partial charge in [0.2, 0.25) is 0 Å². The minimum atomic E-state index is -0.0932. The van der Waals surface area contributed by atoms with Crippen LogP contribution in [-0.4, -0.2) is 31.2 Å². The Balaban J connectivity index is 1.88. The second kappa shape index (κ2) is 3.36. The molecule has 3 saturated carbocycles. The summed E-state index contributed by atoms with van der Waals surface area (Å²) in [5, 5.41) is 0. The van der Waals surface area contributed by atoms with Gasteiger partial charge in [0, 0.05) is 11.8 Å². The smallest absolute Gasteiger partial charge is 0.309 e. The number of hydrogen-bond acceptors (Lipinski definition) is 3. The highest BCUT2D eigenvalue weighted by Crippen LogP contribution is 2.58. The number of halogens is 1. The normalized spacial score (nSPS) is 51.1. The second-order valence-electron chi connectivity index (χ2n) is 4.84. The zero-order valence-corrected chi connectivity index (χ0v) is 9.44. The number of carbonyl (C=O) groups is 1. The molecular formula is C11H15ClO3. The molecule has 0 N–H and O–H groups in total. The first-order valence-corrected chi connectivity index (χ1v) is 6.10. The molecule has 2 bridgehead atoms. The molecule has 1 aliphatic heterocycles. The average Bonchev–Trinajstić information content (AvgIpc) is 3.08. The van der Waals surface area contributed by atoms with Crippen LogP contribution in [-0.2, 0) is 14.3 Å². The third-order valence-corrected chi connectivity index (χ3v) is 4.72. The summed E-state index contributed by atoms with van der Waals surface area (Å²) in [4.78, 5) is 11.8. The van der Waals surface area contributed by atoms with Crippen molar-refractivity contribution in [3.63, 3.8) is 0 Å². The van der Waals surface area contributed by atoms with E-state index in [0.717, 1.165) is 12.8 Å². The predicted octanol–water partition coefficient (Wildman–Crippen LogP) is 1.44. The SMILES string of the molecule is COC(=O)[C@H]1[C@H](CCl)[C@H]2CC[C@@H]1[C@@H]1O[C@H]21. The second-order valence-corrected chi connectivity index (χ2v) is 5.15. The number of methoxy groups -OCH3 is 1. The largest absolute Gasteiger partial charge is 0.469 e. The lowest BCUT2D eigenvalue weighted by Gasteiger charge is -2.43. The quantitative estimate of drug-likeness (QED) is 0.409. The van der Waals surface area contributed by atoms with E-state index in [4.69, 9.17) is 21.1 Å². The Bertz CT molecular complexity index is 294. The molecule has 0 aromatic carbocycles. The topological polar surface area (TPSA) is 38.8 Å². The fourth-order valence-corrected chi connectivity index (χ4v) is 4.08. The Labute approximate surface area is 94.1 Å². The molecule has 4 fully saturated rings. The van der Waals surface area contributed by atoms with Gasteiger partial charge in [0.15, 0.2) is 0 Å². The van der Waals surface area contributed by atoms with Crippen molar-refractivity contribution in [1.82, 2.24) is 0 Å².